The van der Waals surface area contributed by atoms with Crippen LogP contribution in [0.2, 0.25) is 5.02 Å². The highest BCUT2D eigenvalue weighted by Crippen LogP contribution is 2.27. The van der Waals surface area contributed by atoms with Crippen molar-refractivity contribution >= 4 is 11.6 Å². The zero-order valence-corrected chi connectivity index (χ0v) is 12.3. The van der Waals surface area contributed by atoms with E-state index in [1.807, 2.05) is 6.07 Å². The van der Waals surface area contributed by atoms with Crippen LogP contribution in [0.15, 0.2) is 36.7 Å². The highest BCUT2D eigenvalue weighted by Gasteiger charge is 2.19. The fourth-order valence-corrected chi connectivity index (χ4v) is 2.84. The first-order valence-corrected chi connectivity index (χ1v) is 7.44. The van der Waals surface area contributed by atoms with Gasteiger partial charge in [0.05, 0.1) is 5.02 Å². The van der Waals surface area contributed by atoms with Gasteiger partial charge in [-0.2, -0.15) is 0 Å². The molecule has 1 aliphatic rings. The first-order valence-electron chi connectivity index (χ1n) is 7.06. The van der Waals surface area contributed by atoms with Gasteiger partial charge in [0.2, 0.25) is 0 Å². The summed E-state index contributed by atoms with van der Waals surface area (Å²) in [7, 11) is 0. The van der Waals surface area contributed by atoms with Crippen molar-refractivity contribution in [2.45, 2.75) is 25.8 Å². The monoisotopic (exact) mass is 287 g/mol. The number of nitrogens with zero attached hydrogens (tertiary/aromatic N) is 3. The molecule has 0 radical (unpaired) electrons. The molecule has 1 aromatic heterocycles. The fraction of sp³-hybridized carbons (Fsp3) is 0.375. The Bertz CT molecular complexity index is 577. The molecule has 3 nitrogen and oxygen atoms in total. The number of hydrogen-bond acceptors (Lipinski definition) is 3. The van der Waals surface area contributed by atoms with Crippen molar-refractivity contribution in [3.8, 4) is 11.4 Å². The smallest absolute Gasteiger partial charge is 0.159 e. The molecule has 0 bridgehead atoms. The number of rotatable bonds is 3. The fourth-order valence-electron chi connectivity index (χ4n) is 2.74. The molecule has 1 fully saturated rings. The second kappa shape index (κ2) is 5.90. The van der Waals surface area contributed by atoms with Crippen LogP contribution in [0, 0.1) is 0 Å². The van der Waals surface area contributed by atoms with E-state index >= 15 is 0 Å². The zero-order chi connectivity index (χ0) is 13.9. The van der Waals surface area contributed by atoms with E-state index in [4.69, 9.17) is 11.6 Å². The van der Waals surface area contributed by atoms with Gasteiger partial charge in [0.25, 0.3) is 0 Å². The summed E-state index contributed by atoms with van der Waals surface area (Å²) in [4.78, 5) is 11.1. The molecule has 104 valence electrons. The van der Waals surface area contributed by atoms with Gasteiger partial charge in [-0.15, -0.1) is 0 Å². The molecule has 20 heavy (non-hydrogen) atoms. The van der Waals surface area contributed by atoms with Crippen LogP contribution < -0.4 is 0 Å². The van der Waals surface area contributed by atoms with Crippen molar-refractivity contribution in [1.82, 2.24) is 14.9 Å². The van der Waals surface area contributed by atoms with E-state index in [9.17, 15) is 0 Å². The van der Waals surface area contributed by atoms with Gasteiger partial charge < -0.3 is 0 Å². The standard InChI is InChI=1S/C16H18ClN3/c1-12(20-7-2-3-8-20)13-5-4-6-14(9-13)16-18-10-15(17)11-19-16/h4-6,9-12H,2-3,7-8H2,1H3. The highest BCUT2D eigenvalue weighted by molar-refractivity contribution is 6.30. The van der Waals surface area contributed by atoms with E-state index in [2.05, 4.69) is 40.0 Å². The normalized spacial score (nSPS) is 17.3. The molecule has 1 aromatic carbocycles. The quantitative estimate of drug-likeness (QED) is 0.856. The SMILES string of the molecule is CC(c1cccc(-c2ncc(Cl)cn2)c1)N1CCCC1. The predicted octanol–water partition coefficient (Wildman–Crippen LogP) is 3.95. The van der Waals surface area contributed by atoms with Crippen LogP contribution in [0.1, 0.15) is 31.4 Å². The molecule has 1 saturated heterocycles. The summed E-state index contributed by atoms with van der Waals surface area (Å²) < 4.78 is 0. The maximum Gasteiger partial charge on any atom is 0.159 e. The first-order chi connectivity index (χ1) is 9.74. The molecule has 0 saturated carbocycles. The summed E-state index contributed by atoms with van der Waals surface area (Å²) in [6.45, 7) is 4.67. The first kappa shape index (κ1) is 13.5. The zero-order valence-electron chi connectivity index (χ0n) is 11.6. The minimum Gasteiger partial charge on any atom is -0.297 e. The number of benzene rings is 1. The van der Waals surface area contributed by atoms with Crippen LogP contribution in [0.4, 0.5) is 0 Å². The number of hydrogen-bond donors (Lipinski definition) is 0. The van der Waals surface area contributed by atoms with E-state index in [0.717, 1.165) is 11.4 Å². The van der Waals surface area contributed by atoms with Gasteiger partial charge in [-0.25, -0.2) is 9.97 Å². The highest BCUT2D eigenvalue weighted by atomic mass is 35.5. The molecule has 0 aliphatic carbocycles. The Morgan fingerprint density at radius 3 is 2.55 bits per heavy atom. The third kappa shape index (κ3) is 2.84. The number of halogens is 1. The third-order valence-corrected chi connectivity index (χ3v) is 4.13. The Morgan fingerprint density at radius 1 is 1.15 bits per heavy atom. The minimum absolute atomic E-state index is 0.449. The second-order valence-corrected chi connectivity index (χ2v) is 5.71. The molecule has 2 aromatic rings. The summed E-state index contributed by atoms with van der Waals surface area (Å²) in [5, 5.41) is 0.565. The molecule has 1 atom stereocenters. The largest absolute Gasteiger partial charge is 0.297 e. The Hall–Kier alpha value is -1.45. The second-order valence-electron chi connectivity index (χ2n) is 5.27. The lowest BCUT2D eigenvalue weighted by Gasteiger charge is -2.24. The minimum atomic E-state index is 0.449. The summed E-state index contributed by atoms with van der Waals surface area (Å²) >= 11 is 5.84. The topological polar surface area (TPSA) is 29.0 Å². The number of aromatic nitrogens is 2. The molecule has 4 heteroatoms. The average molecular weight is 288 g/mol. The molecule has 0 N–H and O–H groups in total. The maximum atomic E-state index is 5.84. The Balaban J connectivity index is 1.87. The molecule has 1 unspecified atom stereocenters. The van der Waals surface area contributed by atoms with E-state index in [-0.39, 0.29) is 0 Å². The van der Waals surface area contributed by atoms with Gasteiger partial charge in [-0.05, 0) is 44.5 Å². The van der Waals surface area contributed by atoms with Crippen LogP contribution in [0.3, 0.4) is 0 Å². The maximum absolute atomic E-state index is 5.84. The van der Waals surface area contributed by atoms with E-state index in [1.54, 1.807) is 12.4 Å². The Labute approximate surface area is 124 Å². The van der Waals surface area contributed by atoms with Crippen LogP contribution in [-0.4, -0.2) is 28.0 Å². The van der Waals surface area contributed by atoms with Gasteiger partial charge in [-0.3, -0.25) is 4.90 Å². The van der Waals surface area contributed by atoms with Crippen LogP contribution in [0.5, 0.6) is 0 Å². The van der Waals surface area contributed by atoms with Crippen molar-refractivity contribution in [1.29, 1.82) is 0 Å². The molecule has 1 aliphatic heterocycles. The summed E-state index contributed by atoms with van der Waals surface area (Å²) in [5.74, 6) is 0.727. The van der Waals surface area contributed by atoms with Crippen molar-refractivity contribution in [2.24, 2.45) is 0 Å². The summed E-state index contributed by atoms with van der Waals surface area (Å²) in [6, 6.07) is 8.94. The molecule has 0 amide bonds. The molecule has 3 rings (SSSR count). The van der Waals surface area contributed by atoms with Crippen LogP contribution in [-0.2, 0) is 0 Å². The molecular formula is C16H18ClN3. The van der Waals surface area contributed by atoms with Gasteiger partial charge in [0.1, 0.15) is 0 Å². The van der Waals surface area contributed by atoms with E-state index < -0.39 is 0 Å². The lowest BCUT2D eigenvalue weighted by atomic mass is 10.0. The number of likely N-dealkylation sites (tertiary alicyclic amines) is 1. The Kier molecular flexibility index (Phi) is 3.99. The lowest BCUT2D eigenvalue weighted by molar-refractivity contribution is 0.263. The van der Waals surface area contributed by atoms with Crippen molar-refractivity contribution < 1.29 is 0 Å². The molecular weight excluding hydrogens is 270 g/mol. The van der Waals surface area contributed by atoms with Gasteiger partial charge in [-0.1, -0.05) is 29.8 Å². The van der Waals surface area contributed by atoms with E-state index in [1.165, 1.54) is 31.5 Å². The van der Waals surface area contributed by atoms with Crippen LogP contribution >= 0.6 is 11.6 Å². The molecule has 2 heterocycles. The summed E-state index contributed by atoms with van der Waals surface area (Å²) in [6.07, 6.45) is 5.90. The average Bonchev–Trinajstić information content (AvgIpc) is 3.01. The van der Waals surface area contributed by atoms with Crippen molar-refractivity contribution in [3.05, 3.63) is 47.2 Å². The molecule has 0 spiro atoms. The van der Waals surface area contributed by atoms with Gasteiger partial charge in [0, 0.05) is 24.0 Å². The van der Waals surface area contributed by atoms with Gasteiger partial charge in [0.15, 0.2) is 5.82 Å². The third-order valence-electron chi connectivity index (χ3n) is 3.94. The lowest BCUT2D eigenvalue weighted by Crippen LogP contribution is -2.23. The Morgan fingerprint density at radius 2 is 1.85 bits per heavy atom. The van der Waals surface area contributed by atoms with Crippen molar-refractivity contribution in [3.63, 3.8) is 0 Å². The summed E-state index contributed by atoms with van der Waals surface area (Å²) in [5.41, 5.74) is 2.37. The predicted molar refractivity (Wildman–Crippen MR) is 81.7 cm³/mol. The van der Waals surface area contributed by atoms with Gasteiger partial charge >= 0.3 is 0 Å². The van der Waals surface area contributed by atoms with Crippen LogP contribution in [0.25, 0.3) is 11.4 Å². The van der Waals surface area contributed by atoms with Crippen molar-refractivity contribution in [2.75, 3.05) is 13.1 Å². The van der Waals surface area contributed by atoms with E-state index in [0.29, 0.717) is 11.1 Å².